The summed E-state index contributed by atoms with van der Waals surface area (Å²) in [6, 6.07) is 13.5. The molecule has 0 aromatic heterocycles. The predicted octanol–water partition coefficient (Wildman–Crippen LogP) is 3.05. The molecule has 2 aliphatic heterocycles. The van der Waals surface area contributed by atoms with Crippen molar-refractivity contribution in [3.63, 3.8) is 0 Å². The molecule has 2 aromatic rings. The van der Waals surface area contributed by atoms with Gasteiger partial charge in [-0.2, -0.15) is 0 Å². The van der Waals surface area contributed by atoms with E-state index in [9.17, 15) is 4.79 Å². The van der Waals surface area contributed by atoms with Crippen LogP contribution < -0.4 is 14.2 Å². The van der Waals surface area contributed by atoms with Gasteiger partial charge in [0.2, 0.25) is 6.79 Å². The standard InChI is InChI=1S/C19H19NO4/c1-22-16-5-2-13(3-6-16)15-8-9-20(11-15)19(21)14-4-7-17-18(10-14)24-12-23-17/h2-7,10,15H,8-9,11-12H2,1H3. The molecule has 1 atom stereocenters. The van der Waals surface area contributed by atoms with Gasteiger partial charge in [0.15, 0.2) is 11.5 Å². The van der Waals surface area contributed by atoms with Crippen LogP contribution in [0.1, 0.15) is 28.3 Å². The molecular weight excluding hydrogens is 306 g/mol. The summed E-state index contributed by atoms with van der Waals surface area (Å²) in [6.45, 7) is 1.72. The van der Waals surface area contributed by atoms with Crippen LogP contribution in [0.25, 0.3) is 0 Å². The van der Waals surface area contributed by atoms with Crippen LogP contribution in [0.4, 0.5) is 0 Å². The highest BCUT2D eigenvalue weighted by Gasteiger charge is 2.28. The number of fused-ring (bicyclic) bond motifs is 1. The quantitative estimate of drug-likeness (QED) is 0.870. The average molecular weight is 325 g/mol. The first-order chi connectivity index (χ1) is 11.7. The molecule has 2 heterocycles. The van der Waals surface area contributed by atoms with Crippen molar-refractivity contribution in [3.05, 3.63) is 53.6 Å². The monoisotopic (exact) mass is 325 g/mol. The van der Waals surface area contributed by atoms with Gasteiger partial charge in [-0.15, -0.1) is 0 Å². The Labute approximate surface area is 140 Å². The number of carbonyl (C=O) groups is 1. The maximum absolute atomic E-state index is 12.7. The molecule has 0 radical (unpaired) electrons. The van der Waals surface area contributed by atoms with Crippen LogP contribution in [0.2, 0.25) is 0 Å². The lowest BCUT2D eigenvalue weighted by Gasteiger charge is -2.17. The third kappa shape index (κ3) is 2.66. The molecular formula is C19H19NO4. The number of rotatable bonds is 3. The molecule has 5 nitrogen and oxygen atoms in total. The first-order valence-corrected chi connectivity index (χ1v) is 8.07. The number of ether oxygens (including phenoxy) is 3. The molecule has 1 amide bonds. The van der Waals surface area contributed by atoms with Crippen molar-refractivity contribution in [1.29, 1.82) is 0 Å². The van der Waals surface area contributed by atoms with E-state index < -0.39 is 0 Å². The molecule has 1 fully saturated rings. The molecule has 4 rings (SSSR count). The Morgan fingerprint density at radius 3 is 2.71 bits per heavy atom. The van der Waals surface area contributed by atoms with Crippen LogP contribution in [-0.2, 0) is 0 Å². The fourth-order valence-corrected chi connectivity index (χ4v) is 3.31. The Bertz CT molecular complexity index is 756. The van der Waals surface area contributed by atoms with Gasteiger partial charge in [-0.05, 0) is 42.3 Å². The normalized spacial score (nSPS) is 18.7. The lowest BCUT2D eigenvalue weighted by Crippen LogP contribution is -2.28. The van der Waals surface area contributed by atoms with Gasteiger partial charge in [0.25, 0.3) is 5.91 Å². The number of amides is 1. The van der Waals surface area contributed by atoms with Crippen LogP contribution in [0.5, 0.6) is 17.2 Å². The molecule has 5 heteroatoms. The van der Waals surface area contributed by atoms with Crippen molar-refractivity contribution >= 4 is 5.91 Å². The van der Waals surface area contributed by atoms with Crippen LogP contribution in [0.15, 0.2) is 42.5 Å². The minimum absolute atomic E-state index is 0.0457. The Kier molecular flexibility index (Phi) is 3.76. The molecule has 1 unspecified atom stereocenters. The number of carbonyl (C=O) groups excluding carboxylic acids is 1. The summed E-state index contributed by atoms with van der Waals surface area (Å²) in [7, 11) is 1.66. The molecule has 2 aromatic carbocycles. The van der Waals surface area contributed by atoms with E-state index in [2.05, 4.69) is 12.1 Å². The minimum atomic E-state index is 0.0457. The van der Waals surface area contributed by atoms with Gasteiger partial charge in [-0.25, -0.2) is 0 Å². The van der Waals surface area contributed by atoms with Crippen molar-refractivity contribution in [2.75, 3.05) is 27.0 Å². The summed E-state index contributed by atoms with van der Waals surface area (Å²) in [5, 5.41) is 0. The van der Waals surface area contributed by atoms with Crippen LogP contribution in [0.3, 0.4) is 0 Å². The smallest absolute Gasteiger partial charge is 0.254 e. The lowest BCUT2D eigenvalue weighted by molar-refractivity contribution is 0.0790. The summed E-state index contributed by atoms with van der Waals surface area (Å²) >= 11 is 0. The van der Waals surface area contributed by atoms with E-state index in [0.717, 1.165) is 25.3 Å². The average Bonchev–Trinajstić information content (AvgIpc) is 3.30. The van der Waals surface area contributed by atoms with Gasteiger partial charge in [-0.1, -0.05) is 12.1 Å². The number of hydrogen-bond donors (Lipinski definition) is 0. The van der Waals surface area contributed by atoms with Gasteiger partial charge in [-0.3, -0.25) is 4.79 Å². The molecule has 0 saturated carbocycles. The second-order valence-corrected chi connectivity index (χ2v) is 6.08. The third-order valence-electron chi connectivity index (χ3n) is 4.68. The van der Waals surface area contributed by atoms with E-state index >= 15 is 0 Å². The number of methoxy groups -OCH3 is 1. The molecule has 24 heavy (non-hydrogen) atoms. The minimum Gasteiger partial charge on any atom is -0.497 e. The van der Waals surface area contributed by atoms with E-state index in [0.29, 0.717) is 23.0 Å². The van der Waals surface area contributed by atoms with Crippen molar-refractivity contribution in [3.8, 4) is 17.2 Å². The van der Waals surface area contributed by atoms with Gasteiger partial charge in [0.1, 0.15) is 5.75 Å². The van der Waals surface area contributed by atoms with Crippen molar-refractivity contribution in [1.82, 2.24) is 4.90 Å². The second-order valence-electron chi connectivity index (χ2n) is 6.08. The van der Waals surface area contributed by atoms with Crippen LogP contribution in [-0.4, -0.2) is 37.8 Å². The fourth-order valence-electron chi connectivity index (χ4n) is 3.31. The van der Waals surface area contributed by atoms with Crippen molar-refractivity contribution in [2.45, 2.75) is 12.3 Å². The number of likely N-dealkylation sites (tertiary alicyclic amines) is 1. The highest BCUT2D eigenvalue weighted by atomic mass is 16.7. The fraction of sp³-hybridized carbons (Fsp3) is 0.316. The van der Waals surface area contributed by atoms with Crippen molar-refractivity contribution < 1.29 is 19.0 Å². The van der Waals surface area contributed by atoms with Crippen molar-refractivity contribution in [2.24, 2.45) is 0 Å². The first-order valence-electron chi connectivity index (χ1n) is 8.07. The molecule has 0 spiro atoms. The largest absolute Gasteiger partial charge is 0.497 e. The van der Waals surface area contributed by atoms with Gasteiger partial charge in [0, 0.05) is 24.6 Å². The number of nitrogens with zero attached hydrogens (tertiary/aromatic N) is 1. The summed E-state index contributed by atoms with van der Waals surface area (Å²) in [4.78, 5) is 14.6. The van der Waals surface area contributed by atoms with Gasteiger partial charge in [0.05, 0.1) is 7.11 Å². The first kappa shape index (κ1) is 14.9. The zero-order valence-electron chi connectivity index (χ0n) is 13.5. The number of benzene rings is 2. The van der Waals surface area contributed by atoms with Gasteiger partial charge >= 0.3 is 0 Å². The zero-order chi connectivity index (χ0) is 16.5. The maximum Gasteiger partial charge on any atom is 0.254 e. The summed E-state index contributed by atoms with van der Waals surface area (Å²) in [6.07, 6.45) is 0.975. The Morgan fingerprint density at radius 2 is 1.92 bits per heavy atom. The Morgan fingerprint density at radius 1 is 1.12 bits per heavy atom. The highest BCUT2D eigenvalue weighted by Crippen LogP contribution is 2.34. The molecule has 0 N–H and O–H groups in total. The third-order valence-corrected chi connectivity index (χ3v) is 4.68. The summed E-state index contributed by atoms with van der Waals surface area (Å²) in [5.74, 6) is 2.61. The summed E-state index contributed by atoms with van der Waals surface area (Å²) < 4.78 is 15.9. The Balaban J connectivity index is 1.46. The zero-order valence-corrected chi connectivity index (χ0v) is 13.5. The SMILES string of the molecule is COc1ccc(C2CCN(C(=O)c3ccc4c(c3)OCO4)C2)cc1. The van der Waals surface area contributed by atoms with E-state index in [1.807, 2.05) is 17.0 Å². The summed E-state index contributed by atoms with van der Waals surface area (Å²) in [5.41, 5.74) is 1.89. The topological polar surface area (TPSA) is 48.0 Å². The van der Waals surface area contributed by atoms with Crippen LogP contribution >= 0.6 is 0 Å². The second kappa shape index (κ2) is 6.07. The van der Waals surface area contributed by atoms with E-state index in [-0.39, 0.29) is 12.7 Å². The molecule has 0 aliphatic carbocycles. The molecule has 0 bridgehead atoms. The molecule has 124 valence electrons. The Hall–Kier alpha value is -2.69. The van der Waals surface area contributed by atoms with E-state index in [1.54, 1.807) is 25.3 Å². The highest BCUT2D eigenvalue weighted by molar-refractivity contribution is 5.95. The van der Waals surface area contributed by atoms with Gasteiger partial charge < -0.3 is 19.1 Å². The predicted molar refractivity (Wildman–Crippen MR) is 88.8 cm³/mol. The lowest BCUT2D eigenvalue weighted by atomic mass is 9.98. The van der Waals surface area contributed by atoms with Crippen LogP contribution in [0, 0.1) is 0 Å². The molecule has 2 aliphatic rings. The number of hydrogen-bond acceptors (Lipinski definition) is 4. The molecule has 1 saturated heterocycles. The maximum atomic E-state index is 12.7. The van der Waals surface area contributed by atoms with E-state index in [4.69, 9.17) is 14.2 Å². The van der Waals surface area contributed by atoms with E-state index in [1.165, 1.54) is 5.56 Å².